The zero-order valence-electron chi connectivity index (χ0n) is 15.0. The molecule has 1 aromatic heterocycles. The first kappa shape index (κ1) is 18.3. The SMILES string of the molecule is Cc1ccccc1NC(=O)Cn1c(O)c(/C=C2/C=Nc3ccccc32)sc1=S. The first-order valence-electron chi connectivity index (χ1n) is 8.66. The molecule has 7 heteroatoms. The molecular weight excluding hydrogens is 390 g/mol. The number of aryl methyl sites for hydroxylation is 1. The normalized spacial score (nSPS) is 13.7. The number of rotatable bonds is 4. The maximum Gasteiger partial charge on any atom is 0.244 e. The number of benzene rings is 2. The number of carbonyl (C=O) groups is 1. The van der Waals surface area contributed by atoms with E-state index in [0.717, 1.165) is 28.1 Å². The van der Waals surface area contributed by atoms with Gasteiger partial charge in [0, 0.05) is 23.0 Å². The maximum absolute atomic E-state index is 12.4. The van der Waals surface area contributed by atoms with Crippen LogP contribution in [0.4, 0.5) is 11.4 Å². The molecule has 140 valence electrons. The fourth-order valence-corrected chi connectivity index (χ4v) is 4.25. The monoisotopic (exact) mass is 407 g/mol. The third-order valence-corrected chi connectivity index (χ3v) is 5.84. The number of carbonyl (C=O) groups excluding carboxylic acids is 1. The number of thiazole rings is 1. The smallest absolute Gasteiger partial charge is 0.244 e. The highest BCUT2D eigenvalue weighted by Gasteiger charge is 2.17. The van der Waals surface area contributed by atoms with Crippen LogP contribution < -0.4 is 5.32 Å². The minimum Gasteiger partial charge on any atom is -0.493 e. The molecule has 0 unspecified atom stereocenters. The Hall–Kier alpha value is -3.03. The third kappa shape index (κ3) is 3.54. The molecule has 1 amide bonds. The van der Waals surface area contributed by atoms with E-state index in [-0.39, 0.29) is 18.3 Å². The minimum atomic E-state index is -0.245. The zero-order chi connectivity index (χ0) is 19.7. The van der Waals surface area contributed by atoms with Crippen molar-refractivity contribution in [1.29, 1.82) is 0 Å². The van der Waals surface area contributed by atoms with Crippen LogP contribution in [0.25, 0.3) is 11.6 Å². The summed E-state index contributed by atoms with van der Waals surface area (Å²) in [5, 5.41) is 13.5. The van der Waals surface area contributed by atoms with E-state index in [4.69, 9.17) is 12.2 Å². The minimum absolute atomic E-state index is 0.0137. The quantitative estimate of drug-likeness (QED) is 0.585. The molecule has 0 aliphatic carbocycles. The van der Waals surface area contributed by atoms with E-state index < -0.39 is 0 Å². The van der Waals surface area contributed by atoms with Gasteiger partial charge in [-0.2, -0.15) is 0 Å². The van der Waals surface area contributed by atoms with E-state index in [9.17, 15) is 9.90 Å². The van der Waals surface area contributed by atoms with E-state index in [2.05, 4.69) is 10.3 Å². The van der Waals surface area contributed by atoms with Crippen molar-refractivity contribution in [2.45, 2.75) is 13.5 Å². The number of hydrogen-bond acceptors (Lipinski definition) is 5. The van der Waals surface area contributed by atoms with Crippen LogP contribution in [0.1, 0.15) is 16.0 Å². The largest absolute Gasteiger partial charge is 0.493 e. The maximum atomic E-state index is 12.4. The molecule has 0 radical (unpaired) electrons. The Morgan fingerprint density at radius 3 is 2.82 bits per heavy atom. The topological polar surface area (TPSA) is 66.6 Å². The second-order valence-electron chi connectivity index (χ2n) is 6.38. The highest BCUT2D eigenvalue weighted by atomic mass is 32.1. The molecule has 1 aliphatic rings. The third-order valence-electron chi connectivity index (χ3n) is 4.46. The van der Waals surface area contributed by atoms with Crippen molar-refractivity contribution in [2.75, 3.05) is 5.32 Å². The van der Waals surface area contributed by atoms with Crippen molar-refractivity contribution >= 4 is 58.7 Å². The Balaban J connectivity index is 1.58. The van der Waals surface area contributed by atoms with Gasteiger partial charge in [-0.15, -0.1) is 11.3 Å². The molecule has 28 heavy (non-hydrogen) atoms. The molecule has 4 rings (SSSR count). The van der Waals surface area contributed by atoms with Gasteiger partial charge in [0.05, 0.1) is 10.6 Å². The van der Waals surface area contributed by atoms with Gasteiger partial charge in [-0.1, -0.05) is 36.4 Å². The van der Waals surface area contributed by atoms with Gasteiger partial charge in [-0.25, -0.2) is 0 Å². The Morgan fingerprint density at radius 2 is 2.00 bits per heavy atom. The van der Waals surface area contributed by atoms with Gasteiger partial charge in [0.15, 0.2) is 3.95 Å². The lowest BCUT2D eigenvalue weighted by Crippen LogP contribution is -2.19. The fraction of sp³-hybridized carbons (Fsp3) is 0.0952. The highest BCUT2D eigenvalue weighted by molar-refractivity contribution is 7.73. The van der Waals surface area contributed by atoms with Crippen molar-refractivity contribution in [3.8, 4) is 5.88 Å². The predicted molar refractivity (Wildman–Crippen MR) is 117 cm³/mol. The van der Waals surface area contributed by atoms with Gasteiger partial charge < -0.3 is 10.4 Å². The summed E-state index contributed by atoms with van der Waals surface area (Å²) in [5.41, 5.74) is 4.52. The molecule has 1 aliphatic heterocycles. The molecule has 0 saturated carbocycles. The first-order valence-corrected chi connectivity index (χ1v) is 9.88. The summed E-state index contributed by atoms with van der Waals surface area (Å²) in [6.45, 7) is 1.87. The number of aromatic nitrogens is 1. The molecule has 0 bridgehead atoms. The summed E-state index contributed by atoms with van der Waals surface area (Å²) in [6, 6.07) is 15.3. The molecular formula is C21H17N3O2S2. The number of anilines is 1. The Morgan fingerprint density at radius 1 is 1.25 bits per heavy atom. The van der Waals surface area contributed by atoms with E-state index in [1.165, 1.54) is 15.9 Å². The summed E-state index contributed by atoms with van der Waals surface area (Å²) in [4.78, 5) is 17.4. The van der Waals surface area contributed by atoms with Crippen LogP contribution in [0.2, 0.25) is 0 Å². The number of nitrogens with one attached hydrogen (secondary N) is 1. The number of para-hydroxylation sites is 2. The van der Waals surface area contributed by atoms with Crippen molar-refractivity contribution in [3.63, 3.8) is 0 Å². The van der Waals surface area contributed by atoms with Crippen LogP contribution in [0.3, 0.4) is 0 Å². The lowest BCUT2D eigenvalue weighted by Gasteiger charge is -2.09. The predicted octanol–water partition coefficient (Wildman–Crippen LogP) is 5.19. The number of nitrogens with zero attached hydrogens (tertiary/aromatic N) is 2. The fourth-order valence-electron chi connectivity index (χ4n) is 2.99. The molecule has 2 N–H and O–H groups in total. The second kappa shape index (κ2) is 7.53. The number of fused-ring (bicyclic) bond motifs is 1. The van der Waals surface area contributed by atoms with E-state index in [1.54, 1.807) is 6.21 Å². The molecule has 0 atom stereocenters. The summed E-state index contributed by atoms with van der Waals surface area (Å²) in [6.07, 6.45) is 3.61. The van der Waals surface area contributed by atoms with Crippen LogP contribution in [0, 0.1) is 10.9 Å². The molecule has 0 spiro atoms. The molecule has 2 heterocycles. The first-order chi connectivity index (χ1) is 13.5. The van der Waals surface area contributed by atoms with Crippen LogP contribution in [0.15, 0.2) is 53.5 Å². The Kier molecular flexibility index (Phi) is 4.93. The van der Waals surface area contributed by atoms with Gasteiger partial charge in [0.25, 0.3) is 0 Å². The molecule has 5 nitrogen and oxygen atoms in total. The van der Waals surface area contributed by atoms with Crippen molar-refractivity contribution in [1.82, 2.24) is 4.57 Å². The lowest BCUT2D eigenvalue weighted by atomic mass is 10.1. The average Bonchev–Trinajstić information content (AvgIpc) is 3.20. The van der Waals surface area contributed by atoms with E-state index in [0.29, 0.717) is 8.83 Å². The van der Waals surface area contributed by atoms with Gasteiger partial charge >= 0.3 is 0 Å². The standard InChI is InChI=1S/C21H17N3O2S2/c1-13-6-2-4-8-16(13)23-19(25)12-24-20(26)18(28-21(24)27)10-14-11-22-17-9-5-3-7-15(14)17/h2-11,26H,12H2,1H3,(H,23,25)/b14-10-. The number of hydrogen-bond donors (Lipinski definition) is 2. The molecule has 3 aromatic rings. The molecule has 0 saturated heterocycles. The lowest BCUT2D eigenvalue weighted by molar-refractivity contribution is -0.116. The zero-order valence-corrected chi connectivity index (χ0v) is 16.7. The molecule has 0 fully saturated rings. The number of allylic oxidation sites excluding steroid dienone is 1. The van der Waals surface area contributed by atoms with Gasteiger partial charge in [-0.3, -0.25) is 14.4 Å². The van der Waals surface area contributed by atoms with Crippen molar-refractivity contribution in [2.24, 2.45) is 4.99 Å². The van der Waals surface area contributed by atoms with Crippen LogP contribution in [0.5, 0.6) is 5.88 Å². The Bertz CT molecular complexity index is 1190. The highest BCUT2D eigenvalue weighted by Crippen LogP contribution is 2.35. The number of aromatic hydroxyl groups is 1. The average molecular weight is 408 g/mol. The van der Waals surface area contributed by atoms with Crippen molar-refractivity contribution in [3.05, 3.63) is 68.5 Å². The Labute approximate surface area is 171 Å². The number of aliphatic imine (C=N–C) groups is 1. The van der Waals surface area contributed by atoms with Crippen molar-refractivity contribution < 1.29 is 9.90 Å². The van der Waals surface area contributed by atoms with E-state index >= 15 is 0 Å². The summed E-state index contributed by atoms with van der Waals surface area (Å²) >= 11 is 6.63. The van der Waals surface area contributed by atoms with E-state index in [1.807, 2.05) is 61.5 Å². The van der Waals surface area contributed by atoms with Crippen LogP contribution >= 0.6 is 23.6 Å². The van der Waals surface area contributed by atoms with Gasteiger partial charge in [-0.05, 0) is 42.9 Å². The van der Waals surface area contributed by atoms with Crippen LogP contribution in [-0.4, -0.2) is 21.8 Å². The summed E-state index contributed by atoms with van der Waals surface area (Å²) < 4.78 is 1.88. The summed E-state index contributed by atoms with van der Waals surface area (Å²) in [5.74, 6) is -0.259. The summed E-state index contributed by atoms with van der Waals surface area (Å²) in [7, 11) is 0. The second-order valence-corrected chi connectivity index (χ2v) is 8.06. The van der Waals surface area contributed by atoms with Gasteiger partial charge in [0.1, 0.15) is 6.54 Å². The van der Waals surface area contributed by atoms with Crippen LogP contribution in [-0.2, 0) is 11.3 Å². The molecule has 2 aromatic carbocycles. The number of amides is 1. The van der Waals surface area contributed by atoms with Gasteiger partial charge in [0.2, 0.25) is 11.8 Å².